The number of nitrogens with zero attached hydrogens (tertiary/aromatic N) is 1. The number of phenols is 1. The molecule has 36 heavy (non-hydrogen) atoms. The van der Waals surface area contributed by atoms with Gasteiger partial charge in [0, 0.05) is 24.5 Å². The highest BCUT2D eigenvalue weighted by atomic mass is 32.2. The van der Waals surface area contributed by atoms with E-state index in [-0.39, 0.29) is 22.9 Å². The second-order valence-electron chi connectivity index (χ2n) is 8.76. The quantitative estimate of drug-likeness (QED) is 0.267. The number of hydrogen-bond donors (Lipinski definition) is 3. The number of hydrogen-bond acceptors (Lipinski definition) is 7. The summed E-state index contributed by atoms with van der Waals surface area (Å²) in [6, 6.07) is 18.0. The number of anilines is 1. The van der Waals surface area contributed by atoms with Gasteiger partial charge in [0.05, 0.1) is 16.7 Å². The summed E-state index contributed by atoms with van der Waals surface area (Å²) in [5.74, 6) is 1.37. The van der Waals surface area contributed by atoms with E-state index in [2.05, 4.69) is 4.72 Å². The van der Waals surface area contributed by atoms with Crippen molar-refractivity contribution in [3.63, 3.8) is 0 Å². The van der Waals surface area contributed by atoms with E-state index in [9.17, 15) is 18.6 Å². The van der Waals surface area contributed by atoms with Gasteiger partial charge in [0.1, 0.15) is 29.4 Å². The van der Waals surface area contributed by atoms with Crippen LogP contribution in [0.5, 0.6) is 11.5 Å². The van der Waals surface area contributed by atoms with Gasteiger partial charge in [-0.1, -0.05) is 24.3 Å². The first-order valence-electron chi connectivity index (χ1n) is 11.5. The highest BCUT2D eigenvalue weighted by Crippen LogP contribution is 2.30. The molecular weight excluding hydrogens is 480 g/mol. The third-order valence-corrected chi connectivity index (χ3v) is 7.46. The predicted octanol–water partition coefficient (Wildman–Crippen LogP) is 4.60. The largest absolute Gasteiger partial charge is 0.506 e. The first-order valence-corrected chi connectivity index (χ1v) is 13.0. The molecule has 0 amide bonds. The second kappa shape index (κ2) is 10.6. The molecule has 3 aromatic carbocycles. The fourth-order valence-corrected chi connectivity index (χ4v) is 4.96. The standard InChI is InChI=1S/C27H30N2O6S/c1-18-19(2)35-27-16-21(10-11-23(18)27)34-14-13-29(3)17-26(31)20-9-12-25(30)24(15-20)28-36(32,33)22-7-5-4-6-8-22/h4-12,15-16,26,28,30-31H,13-14,17H2,1-3H3. The minimum absolute atomic E-state index is 0.000168. The first kappa shape index (κ1) is 25.6. The van der Waals surface area contributed by atoms with Crippen molar-refractivity contribution in [3.05, 3.63) is 83.6 Å². The number of aliphatic hydroxyl groups is 1. The number of furan rings is 1. The lowest BCUT2D eigenvalue weighted by Crippen LogP contribution is -2.29. The zero-order chi connectivity index (χ0) is 25.9. The number of aliphatic hydroxyl groups excluding tert-OH is 1. The van der Waals surface area contributed by atoms with Crippen molar-refractivity contribution in [1.82, 2.24) is 4.90 Å². The summed E-state index contributed by atoms with van der Waals surface area (Å²) < 4.78 is 39.3. The van der Waals surface area contributed by atoms with E-state index in [4.69, 9.17) is 9.15 Å². The average Bonchev–Trinajstić information content (AvgIpc) is 3.13. The number of sulfonamides is 1. The van der Waals surface area contributed by atoms with Crippen LogP contribution in [0.2, 0.25) is 0 Å². The molecule has 9 heteroatoms. The topological polar surface area (TPSA) is 112 Å². The Kier molecular flexibility index (Phi) is 7.53. The lowest BCUT2D eigenvalue weighted by atomic mass is 10.1. The smallest absolute Gasteiger partial charge is 0.262 e. The fraction of sp³-hybridized carbons (Fsp3) is 0.259. The van der Waals surface area contributed by atoms with E-state index in [1.54, 1.807) is 24.3 Å². The maximum absolute atomic E-state index is 12.6. The van der Waals surface area contributed by atoms with Crippen LogP contribution in [0, 0.1) is 13.8 Å². The van der Waals surface area contributed by atoms with Gasteiger partial charge < -0.3 is 24.3 Å². The summed E-state index contributed by atoms with van der Waals surface area (Å²) in [7, 11) is -2.02. The number of rotatable bonds is 10. The van der Waals surface area contributed by atoms with Crippen LogP contribution >= 0.6 is 0 Å². The van der Waals surface area contributed by atoms with Crippen LogP contribution in [0.3, 0.4) is 0 Å². The molecule has 1 aromatic heterocycles. The molecule has 0 spiro atoms. The molecule has 1 heterocycles. The van der Waals surface area contributed by atoms with Crippen LogP contribution < -0.4 is 9.46 Å². The van der Waals surface area contributed by atoms with Crippen LogP contribution in [0.1, 0.15) is 23.0 Å². The third kappa shape index (κ3) is 5.81. The molecule has 0 aliphatic rings. The van der Waals surface area contributed by atoms with Crippen molar-refractivity contribution in [2.45, 2.75) is 24.8 Å². The van der Waals surface area contributed by atoms with Crippen molar-refractivity contribution < 1.29 is 27.8 Å². The van der Waals surface area contributed by atoms with Gasteiger partial charge in [-0.15, -0.1) is 0 Å². The van der Waals surface area contributed by atoms with E-state index in [1.165, 1.54) is 24.3 Å². The Bertz CT molecular complexity index is 1450. The lowest BCUT2D eigenvalue weighted by Gasteiger charge is -2.21. The van der Waals surface area contributed by atoms with Crippen molar-refractivity contribution in [1.29, 1.82) is 0 Å². The van der Waals surface area contributed by atoms with E-state index >= 15 is 0 Å². The normalized spacial score (nSPS) is 12.7. The molecule has 0 aliphatic heterocycles. The van der Waals surface area contributed by atoms with Gasteiger partial charge >= 0.3 is 0 Å². The van der Waals surface area contributed by atoms with Gasteiger partial charge in [-0.25, -0.2) is 8.42 Å². The number of aromatic hydroxyl groups is 1. The SMILES string of the molecule is Cc1oc2cc(OCCN(C)CC(O)c3ccc(O)c(NS(=O)(=O)c4ccccc4)c3)ccc2c1C. The van der Waals surface area contributed by atoms with Crippen LogP contribution in [-0.2, 0) is 10.0 Å². The number of phenolic OH excluding ortho intramolecular Hbond substituents is 1. The second-order valence-corrected chi connectivity index (χ2v) is 10.4. The molecule has 0 aliphatic carbocycles. The highest BCUT2D eigenvalue weighted by molar-refractivity contribution is 7.92. The van der Waals surface area contributed by atoms with Crippen molar-refractivity contribution in [3.8, 4) is 11.5 Å². The average molecular weight is 511 g/mol. The molecule has 0 saturated carbocycles. The summed E-state index contributed by atoms with van der Waals surface area (Å²) in [6.07, 6.45) is -0.902. The molecule has 4 rings (SSSR count). The number of ether oxygens (including phenoxy) is 1. The van der Waals surface area contributed by atoms with Crippen molar-refractivity contribution >= 4 is 26.7 Å². The Hall–Kier alpha value is -3.53. The Morgan fingerprint density at radius 2 is 1.81 bits per heavy atom. The van der Waals surface area contributed by atoms with Gasteiger partial charge in [0.15, 0.2) is 0 Å². The van der Waals surface area contributed by atoms with Gasteiger partial charge in [-0.05, 0) is 68.4 Å². The van der Waals surface area contributed by atoms with E-state index < -0.39 is 16.1 Å². The number of fused-ring (bicyclic) bond motifs is 1. The molecule has 8 nitrogen and oxygen atoms in total. The summed E-state index contributed by atoms with van der Waals surface area (Å²) in [6.45, 7) is 5.21. The number of aryl methyl sites for hydroxylation is 2. The number of benzene rings is 3. The maximum atomic E-state index is 12.6. The summed E-state index contributed by atoms with van der Waals surface area (Å²) >= 11 is 0. The molecule has 1 unspecified atom stereocenters. The molecule has 1 atom stereocenters. The Morgan fingerprint density at radius 1 is 1.06 bits per heavy atom. The van der Waals surface area contributed by atoms with Crippen LogP contribution in [0.25, 0.3) is 11.0 Å². The third-order valence-electron chi connectivity index (χ3n) is 6.08. The zero-order valence-electron chi connectivity index (χ0n) is 20.4. The maximum Gasteiger partial charge on any atom is 0.262 e. The first-order chi connectivity index (χ1) is 17.1. The van der Waals surface area contributed by atoms with Gasteiger partial charge in [0.25, 0.3) is 10.0 Å². The fourth-order valence-electron chi connectivity index (χ4n) is 3.88. The lowest BCUT2D eigenvalue weighted by molar-refractivity contribution is 0.118. The molecule has 0 radical (unpaired) electrons. The summed E-state index contributed by atoms with van der Waals surface area (Å²) in [5, 5.41) is 22.0. The molecule has 0 bridgehead atoms. The molecule has 0 saturated heterocycles. The van der Waals surface area contributed by atoms with Gasteiger partial charge in [-0.3, -0.25) is 4.72 Å². The van der Waals surface area contributed by atoms with E-state index in [0.717, 1.165) is 22.3 Å². The minimum Gasteiger partial charge on any atom is -0.506 e. The predicted molar refractivity (Wildman–Crippen MR) is 139 cm³/mol. The summed E-state index contributed by atoms with van der Waals surface area (Å²) in [5.41, 5.74) is 2.38. The van der Waals surface area contributed by atoms with Gasteiger partial charge in [0.2, 0.25) is 0 Å². The summed E-state index contributed by atoms with van der Waals surface area (Å²) in [4.78, 5) is 1.98. The monoisotopic (exact) mass is 510 g/mol. The Morgan fingerprint density at radius 3 is 2.56 bits per heavy atom. The van der Waals surface area contributed by atoms with Crippen LogP contribution in [-0.4, -0.2) is 50.3 Å². The van der Waals surface area contributed by atoms with E-state index in [0.29, 0.717) is 24.5 Å². The molecule has 4 aromatic rings. The number of nitrogens with one attached hydrogen (secondary N) is 1. The van der Waals surface area contributed by atoms with Crippen LogP contribution in [0.4, 0.5) is 5.69 Å². The van der Waals surface area contributed by atoms with Crippen LogP contribution in [0.15, 0.2) is 76.0 Å². The van der Waals surface area contributed by atoms with E-state index in [1.807, 2.05) is 44.0 Å². The Balaban J connectivity index is 1.34. The number of likely N-dealkylation sites (N-methyl/N-ethyl adjacent to an activating group) is 1. The van der Waals surface area contributed by atoms with Gasteiger partial charge in [-0.2, -0.15) is 0 Å². The highest BCUT2D eigenvalue weighted by Gasteiger charge is 2.18. The zero-order valence-corrected chi connectivity index (χ0v) is 21.2. The molecule has 3 N–H and O–H groups in total. The van der Waals surface area contributed by atoms with Crippen molar-refractivity contribution in [2.24, 2.45) is 0 Å². The Labute approximate surface area is 210 Å². The molecule has 0 fully saturated rings. The molecular formula is C27H30N2O6S. The molecule has 190 valence electrons. The minimum atomic E-state index is -3.88. The van der Waals surface area contributed by atoms with Crippen molar-refractivity contribution in [2.75, 3.05) is 31.5 Å².